The van der Waals surface area contributed by atoms with Gasteiger partial charge in [0.15, 0.2) is 0 Å². The largest absolute Gasteiger partial charge is 0.378 e. The molecule has 0 amide bonds. The fourth-order valence-electron chi connectivity index (χ4n) is 2.57. The molecule has 1 unspecified atom stereocenters. The molecule has 1 fully saturated rings. The Bertz CT molecular complexity index is 167. The minimum absolute atomic E-state index is 0.534. The first-order valence-corrected chi connectivity index (χ1v) is 7.85. The van der Waals surface area contributed by atoms with Crippen molar-refractivity contribution in [3.8, 4) is 0 Å². The van der Waals surface area contributed by atoms with E-state index in [2.05, 4.69) is 34.7 Å². The van der Waals surface area contributed by atoms with Crippen LogP contribution in [0.5, 0.6) is 0 Å². The van der Waals surface area contributed by atoms with E-state index in [0.717, 1.165) is 18.0 Å². The van der Waals surface area contributed by atoms with Crippen LogP contribution in [0.1, 0.15) is 46.0 Å². The molecule has 1 atom stereocenters. The lowest BCUT2D eigenvalue weighted by Gasteiger charge is -2.30. The minimum Gasteiger partial charge on any atom is -0.378 e. The number of ether oxygens (including phenoxy) is 1. The zero-order valence-electron chi connectivity index (χ0n) is 10.8. The van der Waals surface area contributed by atoms with E-state index in [1.165, 1.54) is 45.2 Å². The summed E-state index contributed by atoms with van der Waals surface area (Å²) in [7, 11) is 0. The molecule has 0 aromatic carbocycles. The highest BCUT2D eigenvalue weighted by Gasteiger charge is 2.19. The molecule has 0 aromatic heterocycles. The normalized spacial score (nSPS) is 21.2. The maximum Gasteiger partial charge on any atom is 0.0588 e. The Labute approximate surface area is 109 Å². The third-order valence-corrected chi connectivity index (χ3v) is 3.95. The second-order valence-electron chi connectivity index (χ2n) is 4.62. The zero-order chi connectivity index (χ0) is 11.8. The molecule has 2 nitrogen and oxygen atoms in total. The first-order chi connectivity index (χ1) is 7.81. The molecule has 0 N–H and O–H groups in total. The number of nitrogens with zero attached hydrogens (tertiary/aromatic N) is 1. The van der Waals surface area contributed by atoms with Crippen LogP contribution >= 0.6 is 15.9 Å². The van der Waals surface area contributed by atoms with Crippen LogP contribution in [0.4, 0.5) is 0 Å². The molecular formula is C13H26BrNO. The predicted octanol–water partition coefficient (Wildman–Crippen LogP) is 3.44. The van der Waals surface area contributed by atoms with E-state index in [1.807, 2.05) is 0 Å². The van der Waals surface area contributed by atoms with E-state index in [1.54, 1.807) is 0 Å². The Hall–Kier alpha value is 0.400. The molecule has 1 aliphatic heterocycles. The number of rotatable bonds is 8. The van der Waals surface area contributed by atoms with E-state index in [9.17, 15) is 0 Å². The molecule has 0 bridgehead atoms. The molecule has 16 heavy (non-hydrogen) atoms. The van der Waals surface area contributed by atoms with Crippen molar-refractivity contribution in [1.82, 2.24) is 4.90 Å². The van der Waals surface area contributed by atoms with E-state index < -0.39 is 0 Å². The molecule has 0 radical (unpaired) electrons. The molecule has 0 aromatic rings. The Kier molecular flexibility index (Phi) is 7.67. The van der Waals surface area contributed by atoms with Gasteiger partial charge >= 0.3 is 0 Å². The summed E-state index contributed by atoms with van der Waals surface area (Å²) in [6.07, 6.45) is 6.79. The number of halogens is 1. The Balaban J connectivity index is 2.30. The summed E-state index contributed by atoms with van der Waals surface area (Å²) in [5.74, 6) is 0. The summed E-state index contributed by atoms with van der Waals surface area (Å²) in [6.45, 7) is 7.93. The van der Waals surface area contributed by atoms with Gasteiger partial charge in [-0.1, -0.05) is 29.8 Å². The summed E-state index contributed by atoms with van der Waals surface area (Å²) in [5.41, 5.74) is 0. The van der Waals surface area contributed by atoms with Gasteiger partial charge in [-0.05, 0) is 32.1 Å². The van der Waals surface area contributed by atoms with E-state index in [-0.39, 0.29) is 0 Å². The summed E-state index contributed by atoms with van der Waals surface area (Å²) in [6, 6.07) is 0.749. The Morgan fingerprint density at radius 3 is 2.56 bits per heavy atom. The van der Waals surface area contributed by atoms with Crippen LogP contribution in [0, 0.1) is 0 Å². The van der Waals surface area contributed by atoms with Crippen LogP contribution < -0.4 is 0 Å². The Morgan fingerprint density at radius 2 is 2.06 bits per heavy atom. The maximum absolute atomic E-state index is 5.69. The van der Waals surface area contributed by atoms with Crippen molar-refractivity contribution in [3.05, 3.63) is 0 Å². The second kappa shape index (κ2) is 8.48. The highest BCUT2D eigenvalue weighted by molar-refractivity contribution is 9.09. The second-order valence-corrected chi connectivity index (χ2v) is 5.41. The van der Waals surface area contributed by atoms with E-state index in [4.69, 9.17) is 4.74 Å². The molecule has 0 saturated carbocycles. The topological polar surface area (TPSA) is 12.5 Å². The molecule has 1 heterocycles. The van der Waals surface area contributed by atoms with Gasteiger partial charge in [0.1, 0.15) is 0 Å². The Morgan fingerprint density at radius 1 is 1.31 bits per heavy atom. The van der Waals surface area contributed by atoms with Gasteiger partial charge in [0, 0.05) is 31.1 Å². The molecule has 0 spiro atoms. The van der Waals surface area contributed by atoms with Gasteiger partial charge in [0.25, 0.3) is 0 Å². The average molecular weight is 292 g/mol. The summed E-state index contributed by atoms with van der Waals surface area (Å²) < 4.78 is 5.69. The smallest absolute Gasteiger partial charge is 0.0588 e. The van der Waals surface area contributed by atoms with Gasteiger partial charge in [-0.3, -0.25) is 4.90 Å². The van der Waals surface area contributed by atoms with Gasteiger partial charge in [0.05, 0.1) is 6.10 Å². The highest BCUT2D eigenvalue weighted by atomic mass is 79.9. The minimum atomic E-state index is 0.534. The van der Waals surface area contributed by atoms with Crippen molar-refractivity contribution in [1.29, 1.82) is 0 Å². The quantitative estimate of drug-likeness (QED) is 0.635. The summed E-state index contributed by atoms with van der Waals surface area (Å²) >= 11 is 3.56. The number of alkyl halides is 1. The molecule has 1 saturated heterocycles. The monoisotopic (exact) mass is 291 g/mol. The lowest BCUT2D eigenvalue weighted by atomic mass is 10.1. The lowest BCUT2D eigenvalue weighted by Crippen LogP contribution is -2.37. The van der Waals surface area contributed by atoms with Crippen LogP contribution in [0.25, 0.3) is 0 Å². The van der Waals surface area contributed by atoms with Gasteiger partial charge < -0.3 is 4.74 Å². The lowest BCUT2D eigenvalue weighted by molar-refractivity contribution is 0.0845. The molecule has 3 heteroatoms. The first kappa shape index (κ1) is 14.5. The zero-order valence-corrected chi connectivity index (χ0v) is 12.3. The van der Waals surface area contributed by atoms with Crippen LogP contribution in [0.15, 0.2) is 0 Å². The summed E-state index contributed by atoms with van der Waals surface area (Å²) in [5, 5.41) is 1.08. The standard InChI is InChI=1S/C13H26BrNO/c1-3-12(4-2)15(10-8-14)9-7-13-6-5-11-16-13/h12-13H,3-11H2,1-2H3. The van der Waals surface area contributed by atoms with Crippen LogP contribution in [0.2, 0.25) is 0 Å². The highest BCUT2D eigenvalue weighted by Crippen LogP contribution is 2.17. The van der Waals surface area contributed by atoms with Gasteiger partial charge in [-0.25, -0.2) is 0 Å². The van der Waals surface area contributed by atoms with E-state index in [0.29, 0.717) is 6.10 Å². The van der Waals surface area contributed by atoms with Crippen molar-refractivity contribution in [3.63, 3.8) is 0 Å². The van der Waals surface area contributed by atoms with Crippen LogP contribution in [-0.4, -0.2) is 42.1 Å². The van der Waals surface area contributed by atoms with Crippen molar-refractivity contribution in [2.75, 3.05) is 25.0 Å². The third-order valence-electron chi connectivity index (χ3n) is 3.59. The molecule has 0 aliphatic carbocycles. The molecule has 96 valence electrons. The number of hydrogen-bond acceptors (Lipinski definition) is 2. The number of hydrogen-bond donors (Lipinski definition) is 0. The predicted molar refractivity (Wildman–Crippen MR) is 73.3 cm³/mol. The molecule has 1 rings (SSSR count). The average Bonchev–Trinajstić information content (AvgIpc) is 2.80. The van der Waals surface area contributed by atoms with Crippen LogP contribution in [-0.2, 0) is 4.74 Å². The SMILES string of the molecule is CCC(CC)N(CCBr)CCC1CCCO1. The third kappa shape index (κ3) is 4.72. The summed E-state index contributed by atoms with van der Waals surface area (Å²) in [4.78, 5) is 2.62. The van der Waals surface area contributed by atoms with Gasteiger partial charge in [0.2, 0.25) is 0 Å². The van der Waals surface area contributed by atoms with Crippen LogP contribution in [0.3, 0.4) is 0 Å². The van der Waals surface area contributed by atoms with Crippen molar-refractivity contribution in [2.24, 2.45) is 0 Å². The van der Waals surface area contributed by atoms with Gasteiger partial charge in [-0.15, -0.1) is 0 Å². The van der Waals surface area contributed by atoms with Crippen molar-refractivity contribution in [2.45, 2.75) is 58.1 Å². The van der Waals surface area contributed by atoms with E-state index >= 15 is 0 Å². The van der Waals surface area contributed by atoms with Crippen molar-refractivity contribution >= 4 is 15.9 Å². The first-order valence-electron chi connectivity index (χ1n) is 6.73. The fourth-order valence-corrected chi connectivity index (χ4v) is 3.03. The molecular weight excluding hydrogens is 266 g/mol. The maximum atomic E-state index is 5.69. The fraction of sp³-hybridized carbons (Fsp3) is 1.00. The van der Waals surface area contributed by atoms with Gasteiger partial charge in [-0.2, -0.15) is 0 Å². The van der Waals surface area contributed by atoms with Crippen molar-refractivity contribution < 1.29 is 4.74 Å². The molecule has 1 aliphatic rings.